The summed E-state index contributed by atoms with van der Waals surface area (Å²) in [6.45, 7) is 5.84. The van der Waals surface area contributed by atoms with Gasteiger partial charge in [0.1, 0.15) is 0 Å². The number of rotatable bonds is 8. The molecule has 1 N–H and O–H groups in total. The topological polar surface area (TPSA) is 38.3 Å². The van der Waals surface area contributed by atoms with Crippen LogP contribution in [0.3, 0.4) is 0 Å². The van der Waals surface area contributed by atoms with Crippen molar-refractivity contribution in [2.45, 2.75) is 103 Å². The second kappa shape index (κ2) is 9.43. The van der Waals surface area contributed by atoms with Crippen LogP contribution in [0, 0.1) is 17.8 Å². The molecule has 1 amide bonds. The molecule has 5 atom stereocenters. The van der Waals surface area contributed by atoms with Crippen LogP contribution in [0.2, 0.25) is 0 Å². The lowest BCUT2D eigenvalue weighted by atomic mass is 9.67. The molecule has 26 heavy (non-hydrogen) atoms. The van der Waals surface area contributed by atoms with Gasteiger partial charge in [-0.1, -0.05) is 26.2 Å². The van der Waals surface area contributed by atoms with Crippen molar-refractivity contribution in [2.75, 3.05) is 0 Å². The van der Waals surface area contributed by atoms with E-state index in [0.29, 0.717) is 12.8 Å². The molecule has 1 aliphatic heterocycles. The van der Waals surface area contributed by atoms with E-state index in [2.05, 4.69) is 5.32 Å². The summed E-state index contributed by atoms with van der Waals surface area (Å²) in [5, 5.41) is 2.95. The van der Waals surface area contributed by atoms with Gasteiger partial charge in [0.05, 0.1) is 18.1 Å². The average Bonchev–Trinajstić information content (AvgIpc) is 2.95. The van der Waals surface area contributed by atoms with E-state index in [-0.39, 0.29) is 36.5 Å². The van der Waals surface area contributed by atoms with Crippen molar-refractivity contribution in [1.82, 2.24) is 5.32 Å². The molecule has 1 aliphatic carbocycles. The lowest BCUT2D eigenvalue weighted by Crippen LogP contribution is -2.46. The molecule has 3 nitrogen and oxygen atoms in total. The number of amides is 1. The van der Waals surface area contributed by atoms with Crippen LogP contribution in [0.15, 0.2) is 0 Å². The van der Waals surface area contributed by atoms with Crippen LogP contribution in [0.1, 0.15) is 78.6 Å². The Morgan fingerprint density at radius 1 is 1.19 bits per heavy atom. The molecule has 2 aliphatic rings. The summed E-state index contributed by atoms with van der Waals surface area (Å²) in [6, 6.07) is 0.124. The second-order valence-electron chi connectivity index (χ2n) is 8.31. The molecule has 152 valence electrons. The Balaban J connectivity index is 2.14. The van der Waals surface area contributed by atoms with Crippen LogP contribution in [0.4, 0.5) is 13.2 Å². The van der Waals surface area contributed by atoms with E-state index < -0.39 is 18.0 Å². The van der Waals surface area contributed by atoms with E-state index in [4.69, 9.17) is 4.74 Å². The quantitative estimate of drug-likeness (QED) is 0.629. The predicted octanol–water partition coefficient (Wildman–Crippen LogP) is 5.23. The fourth-order valence-electron chi connectivity index (χ4n) is 4.91. The SMILES string of the molecule is CCCC(CCC1CCC(=O)N1)C1C(OC(C)C)CCCC1C(F)(F)F. The minimum absolute atomic E-state index is 0.00632. The van der Waals surface area contributed by atoms with Crippen molar-refractivity contribution in [1.29, 1.82) is 0 Å². The standard InChI is InChI=1S/C20H34F3NO2/c1-4-6-14(9-10-15-11-12-18(25)24-15)19-16(20(21,22)23)7-5-8-17(19)26-13(2)3/h13-17,19H,4-12H2,1-3H3,(H,24,25). The van der Waals surface area contributed by atoms with E-state index in [1.807, 2.05) is 20.8 Å². The van der Waals surface area contributed by atoms with Crippen LogP contribution in [-0.2, 0) is 9.53 Å². The fourth-order valence-corrected chi connectivity index (χ4v) is 4.91. The molecule has 0 aromatic carbocycles. The Morgan fingerprint density at radius 3 is 2.46 bits per heavy atom. The molecule has 0 spiro atoms. The highest BCUT2D eigenvalue weighted by Crippen LogP contribution is 2.48. The molecule has 2 fully saturated rings. The lowest BCUT2D eigenvalue weighted by molar-refractivity contribution is -0.224. The summed E-state index contributed by atoms with van der Waals surface area (Å²) >= 11 is 0. The highest BCUT2D eigenvalue weighted by atomic mass is 19.4. The third kappa shape index (κ3) is 5.86. The number of nitrogens with one attached hydrogen (secondary N) is 1. The number of hydrogen-bond acceptors (Lipinski definition) is 2. The van der Waals surface area contributed by atoms with Crippen LogP contribution >= 0.6 is 0 Å². The Morgan fingerprint density at radius 2 is 1.92 bits per heavy atom. The van der Waals surface area contributed by atoms with Gasteiger partial charge in [-0.15, -0.1) is 0 Å². The summed E-state index contributed by atoms with van der Waals surface area (Å²) in [5.74, 6) is -1.68. The van der Waals surface area contributed by atoms with Crippen molar-refractivity contribution < 1.29 is 22.7 Å². The van der Waals surface area contributed by atoms with Gasteiger partial charge in [0.2, 0.25) is 5.91 Å². The van der Waals surface area contributed by atoms with E-state index in [0.717, 1.165) is 38.5 Å². The maximum Gasteiger partial charge on any atom is 0.392 e. The van der Waals surface area contributed by atoms with E-state index in [1.54, 1.807) is 0 Å². The summed E-state index contributed by atoms with van der Waals surface area (Å²) < 4.78 is 47.3. The molecule has 0 aromatic rings. The van der Waals surface area contributed by atoms with Crippen molar-refractivity contribution in [3.63, 3.8) is 0 Å². The predicted molar refractivity (Wildman–Crippen MR) is 95.7 cm³/mol. The molecule has 2 rings (SSSR count). The molecule has 1 saturated carbocycles. The molecule has 0 radical (unpaired) electrons. The van der Waals surface area contributed by atoms with Crippen LogP contribution < -0.4 is 5.32 Å². The van der Waals surface area contributed by atoms with Crippen molar-refractivity contribution >= 4 is 5.91 Å². The number of alkyl halides is 3. The zero-order valence-electron chi connectivity index (χ0n) is 16.3. The van der Waals surface area contributed by atoms with Gasteiger partial charge in [0.15, 0.2) is 0 Å². The molecule has 0 aromatic heterocycles. The average molecular weight is 377 g/mol. The van der Waals surface area contributed by atoms with Crippen molar-refractivity contribution in [3.8, 4) is 0 Å². The van der Waals surface area contributed by atoms with E-state index >= 15 is 0 Å². The van der Waals surface area contributed by atoms with Crippen molar-refractivity contribution in [3.05, 3.63) is 0 Å². The normalized spacial score (nSPS) is 31.3. The smallest absolute Gasteiger partial charge is 0.375 e. The summed E-state index contributed by atoms with van der Waals surface area (Å²) in [4.78, 5) is 11.4. The Labute approximate surface area is 155 Å². The number of halogens is 3. The fraction of sp³-hybridized carbons (Fsp3) is 0.950. The highest BCUT2D eigenvalue weighted by Gasteiger charge is 2.51. The first-order valence-corrected chi connectivity index (χ1v) is 10.2. The van der Waals surface area contributed by atoms with Gasteiger partial charge in [-0.2, -0.15) is 13.2 Å². The van der Waals surface area contributed by atoms with Crippen LogP contribution in [0.5, 0.6) is 0 Å². The first-order valence-electron chi connectivity index (χ1n) is 10.2. The Kier molecular flexibility index (Phi) is 7.80. The Hall–Kier alpha value is -0.780. The molecule has 1 saturated heterocycles. The minimum atomic E-state index is -4.17. The van der Waals surface area contributed by atoms with E-state index in [9.17, 15) is 18.0 Å². The summed E-state index contributed by atoms with van der Waals surface area (Å²) in [6.07, 6.45) is 1.46. The van der Waals surface area contributed by atoms with Gasteiger partial charge < -0.3 is 10.1 Å². The van der Waals surface area contributed by atoms with Crippen LogP contribution in [-0.4, -0.2) is 30.3 Å². The monoisotopic (exact) mass is 377 g/mol. The molecule has 1 heterocycles. The van der Waals surface area contributed by atoms with Gasteiger partial charge in [0.25, 0.3) is 0 Å². The molecule has 5 unspecified atom stereocenters. The number of ether oxygens (including phenoxy) is 1. The van der Waals surface area contributed by atoms with Crippen molar-refractivity contribution in [2.24, 2.45) is 17.8 Å². The third-order valence-corrected chi connectivity index (χ3v) is 5.94. The summed E-state index contributed by atoms with van der Waals surface area (Å²) in [5.41, 5.74) is 0. The van der Waals surface area contributed by atoms with Gasteiger partial charge in [-0.05, 0) is 57.8 Å². The number of carbonyl (C=O) groups excluding carboxylic acids is 1. The summed E-state index contributed by atoms with van der Waals surface area (Å²) in [7, 11) is 0. The molecular weight excluding hydrogens is 343 g/mol. The first kappa shape index (κ1) is 21.5. The Bertz CT molecular complexity index is 453. The lowest BCUT2D eigenvalue weighted by Gasteiger charge is -2.44. The molecular formula is C20H34F3NO2. The minimum Gasteiger partial charge on any atom is -0.375 e. The van der Waals surface area contributed by atoms with E-state index in [1.165, 1.54) is 0 Å². The maximum atomic E-state index is 13.8. The molecule has 0 bridgehead atoms. The second-order valence-corrected chi connectivity index (χ2v) is 8.31. The van der Waals surface area contributed by atoms with Gasteiger partial charge in [-0.25, -0.2) is 0 Å². The first-order chi connectivity index (χ1) is 12.2. The number of hydrogen-bond donors (Lipinski definition) is 1. The number of carbonyl (C=O) groups is 1. The van der Waals surface area contributed by atoms with Gasteiger partial charge in [0, 0.05) is 12.5 Å². The zero-order chi connectivity index (χ0) is 19.3. The van der Waals surface area contributed by atoms with Gasteiger partial charge >= 0.3 is 6.18 Å². The molecule has 6 heteroatoms. The zero-order valence-corrected chi connectivity index (χ0v) is 16.3. The highest BCUT2D eigenvalue weighted by molar-refractivity contribution is 5.78. The third-order valence-electron chi connectivity index (χ3n) is 5.94. The van der Waals surface area contributed by atoms with Gasteiger partial charge in [-0.3, -0.25) is 4.79 Å². The maximum absolute atomic E-state index is 13.8. The van der Waals surface area contributed by atoms with Crippen LogP contribution in [0.25, 0.3) is 0 Å². The largest absolute Gasteiger partial charge is 0.392 e.